The van der Waals surface area contributed by atoms with E-state index >= 15 is 0 Å². The van der Waals surface area contributed by atoms with E-state index < -0.39 is 0 Å². The predicted octanol–water partition coefficient (Wildman–Crippen LogP) is 2.02. The minimum absolute atomic E-state index is 0.101. The molecule has 2 nitrogen and oxygen atoms in total. The molecule has 0 radical (unpaired) electrons. The third kappa shape index (κ3) is 4.20. The first-order chi connectivity index (χ1) is 6.74. The first kappa shape index (κ1) is 12.3. The van der Waals surface area contributed by atoms with E-state index in [2.05, 4.69) is 19.2 Å². The van der Waals surface area contributed by atoms with Gasteiger partial charge in [0.05, 0.1) is 6.10 Å². The summed E-state index contributed by atoms with van der Waals surface area (Å²) in [5, 5.41) is 13.2. The summed E-state index contributed by atoms with van der Waals surface area (Å²) in [4.78, 5) is 0. The molecule has 3 heteroatoms. The summed E-state index contributed by atoms with van der Waals surface area (Å²) in [6.07, 6.45) is 4.41. The summed E-state index contributed by atoms with van der Waals surface area (Å²) in [7, 11) is 0. The van der Waals surface area contributed by atoms with Gasteiger partial charge in [-0.15, -0.1) is 0 Å². The molecule has 1 aliphatic rings. The van der Waals surface area contributed by atoms with Crippen molar-refractivity contribution in [3.8, 4) is 0 Å². The molecule has 1 saturated carbocycles. The van der Waals surface area contributed by atoms with E-state index in [-0.39, 0.29) is 6.10 Å². The molecule has 14 heavy (non-hydrogen) atoms. The van der Waals surface area contributed by atoms with E-state index in [1.807, 2.05) is 11.8 Å². The van der Waals surface area contributed by atoms with Gasteiger partial charge in [0.15, 0.2) is 0 Å². The van der Waals surface area contributed by atoms with E-state index in [9.17, 15) is 5.11 Å². The van der Waals surface area contributed by atoms with Crippen molar-refractivity contribution < 1.29 is 5.11 Å². The van der Waals surface area contributed by atoms with Crippen LogP contribution in [0.15, 0.2) is 0 Å². The van der Waals surface area contributed by atoms with Crippen LogP contribution in [0.5, 0.6) is 0 Å². The Morgan fingerprint density at radius 3 is 2.86 bits per heavy atom. The monoisotopic (exact) mass is 217 g/mol. The number of hydrogen-bond acceptors (Lipinski definition) is 3. The van der Waals surface area contributed by atoms with Crippen LogP contribution in [0.25, 0.3) is 0 Å². The van der Waals surface area contributed by atoms with E-state index in [1.54, 1.807) is 0 Å². The molecule has 1 aliphatic carbocycles. The lowest BCUT2D eigenvalue weighted by Crippen LogP contribution is -2.41. The van der Waals surface area contributed by atoms with Crippen molar-refractivity contribution in [2.45, 2.75) is 57.7 Å². The third-order valence-corrected chi connectivity index (χ3v) is 3.81. The van der Waals surface area contributed by atoms with Crippen LogP contribution < -0.4 is 5.32 Å². The van der Waals surface area contributed by atoms with Crippen molar-refractivity contribution in [3.63, 3.8) is 0 Å². The molecule has 84 valence electrons. The van der Waals surface area contributed by atoms with Crippen molar-refractivity contribution in [1.29, 1.82) is 0 Å². The lowest BCUT2D eigenvalue weighted by molar-refractivity contribution is 0.143. The van der Waals surface area contributed by atoms with Gasteiger partial charge in [0.25, 0.3) is 0 Å². The van der Waals surface area contributed by atoms with E-state index in [0.29, 0.717) is 12.1 Å². The first-order valence-electron chi connectivity index (χ1n) is 5.76. The Balaban J connectivity index is 2.09. The van der Waals surface area contributed by atoms with Gasteiger partial charge in [-0.1, -0.05) is 6.92 Å². The summed E-state index contributed by atoms with van der Waals surface area (Å²) in [6, 6.07) is 0.906. The van der Waals surface area contributed by atoms with Gasteiger partial charge in [-0.2, -0.15) is 11.8 Å². The van der Waals surface area contributed by atoms with Gasteiger partial charge in [0, 0.05) is 12.1 Å². The Morgan fingerprint density at radius 2 is 2.29 bits per heavy atom. The van der Waals surface area contributed by atoms with Crippen molar-refractivity contribution >= 4 is 11.8 Å². The van der Waals surface area contributed by atoms with Crippen molar-refractivity contribution in [2.24, 2.45) is 0 Å². The molecule has 0 aromatic heterocycles. The van der Waals surface area contributed by atoms with E-state index in [0.717, 1.165) is 12.8 Å². The molecule has 3 atom stereocenters. The largest absolute Gasteiger partial charge is 0.392 e. The maximum Gasteiger partial charge on any atom is 0.0693 e. The summed E-state index contributed by atoms with van der Waals surface area (Å²) < 4.78 is 0. The van der Waals surface area contributed by atoms with Crippen LogP contribution in [-0.4, -0.2) is 34.8 Å². The van der Waals surface area contributed by atoms with E-state index in [4.69, 9.17) is 0 Å². The maximum absolute atomic E-state index is 9.64. The zero-order valence-corrected chi connectivity index (χ0v) is 10.1. The SMILES string of the molecule is CCSCCC(C)NC1CCCC1O. The minimum Gasteiger partial charge on any atom is -0.392 e. The quantitative estimate of drug-likeness (QED) is 0.668. The molecule has 2 N–H and O–H groups in total. The molecule has 0 aliphatic heterocycles. The number of thioether (sulfide) groups is 1. The average molecular weight is 217 g/mol. The fourth-order valence-electron chi connectivity index (χ4n) is 1.99. The Kier molecular flexibility index (Phi) is 5.90. The molecule has 0 amide bonds. The second kappa shape index (κ2) is 6.70. The molecule has 0 bridgehead atoms. The topological polar surface area (TPSA) is 32.3 Å². The number of nitrogens with one attached hydrogen (secondary N) is 1. The predicted molar refractivity (Wildman–Crippen MR) is 63.9 cm³/mol. The highest BCUT2D eigenvalue weighted by molar-refractivity contribution is 7.99. The van der Waals surface area contributed by atoms with Crippen LogP contribution >= 0.6 is 11.8 Å². The van der Waals surface area contributed by atoms with Gasteiger partial charge in [0.2, 0.25) is 0 Å². The van der Waals surface area contributed by atoms with Crippen molar-refractivity contribution in [2.75, 3.05) is 11.5 Å². The number of hydrogen-bond donors (Lipinski definition) is 2. The molecule has 0 heterocycles. The molecule has 0 aromatic carbocycles. The fraction of sp³-hybridized carbons (Fsp3) is 1.00. The van der Waals surface area contributed by atoms with Gasteiger partial charge >= 0.3 is 0 Å². The molecule has 1 rings (SSSR count). The van der Waals surface area contributed by atoms with Gasteiger partial charge in [-0.3, -0.25) is 0 Å². The highest BCUT2D eigenvalue weighted by Crippen LogP contribution is 2.19. The van der Waals surface area contributed by atoms with Gasteiger partial charge < -0.3 is 10.4 Å². The van der Waals surface area contributed by atoms with Gasteiger partial charge in [0.1, 0.15) is 0 Å². The summed E-state index contributed by atoms with van der Waals surface area (Å²) in [5.41, 5.74) is 0. The van der Waals surface area contributed by atoms with Crippen molar-refractivity contribution in [3.05, 3.63) is 0 Å². The lowest BCUT2D eigenvalue weighted by Gasteiger charge is -2.21. The van der Waals surface area contributed by atoms with E-state index in [1.165, 1.54) is 24.3 Å². The normalized spacial score (nSPS) is 29.4. The van der Waals surface area contributed by atoms with Crippen LogP contribution in [0.2, 0.25) is 0 Å². The molecule has 0 aromatic rings. The standard InChI is InChI=1S/C11H23NOS/c1-3-14-8-7-9(2)12-10-5-4-6-11(10)13/h9-13H,3-8H2,1-2H3. The van der Waals surface area contributed by atoms with Crippen LogP contribution in [-0.2, 0) is 0 Å². The van der Waals surface area contributed by atoms with Crippen LogP contribution in [0, 0.1) is 0 Å². The van der Waals surface area contributed by atoms with Crippen molar-refractivity contribution in [1.82, 2.24) is 5.32 Å². The maximum atomic E-state index is 9.64. The second-order valence-corrected chi connectivity index (χ2v) is 5.55. The Hall–Kier alpha value is 0.270. The second-order valence-electron chi connectivity index (χ2n) is 4.16. The minimum atomic E-state index is -0.101. The van der Waals surface area contributed by atoms with Gasteiger partial charge in [-0.25, -0.2) is 0 Å². The summed E-state index contributed by atoms with van der Waals surface area (Å²) >= 11 is 1.99. The highest BCUT2D eigenvalue weighted by Gasteiger charge is 2.25. The molecule has 3 unspecified atom stereocenters. The number of aliphatic hydroxyl groups is 1. The fourth-order valence-corrected chi connectivity index (χ4v) is 2.80. The third-order valence-electron chi connectivity index (χ3n) is 2.88. The molecule has 0 saturated heterocycles. The smallest absolute Gasteiger partial charge is 0.0693 e. The Bertz CT molecular complexity index is 154. The number of aliphatic hydroxyl groups excluding tert-OH is 1. The Morgan fingerprint density at radius 1 is 1.50 bits per heavy atom. The van der Waals surface area contributed by atoms with Crippen LogP contribution in [0.3, 0.4) is 0 Å². The molecule has 0 spiro atoms. The number of rotatable bonds is 6. The Labute approximate surface area is 91.9 Å². The molecule has 1 fully saturated rings. The van der Waals surface area contributed by atoms with Crippen LogP contribution in [0.1, 0.15) is 39.5 Å². The van der Waals surface area contributed by atoms with Crippen LogP contribution in [0.4, 0.5) is 0 Å². The summed E-state index contributed by atoms with van der Waals surface area (Å²) in [6.45, 7) is 4.42. The van der Waals surface area contributed by atoms with Gasteiger partial charge in [-0.05, 0) is 44.1 Å². The lowest BCUT2D eigenvalue weighted by atomic mass is 10.1. The average Bonchev–Trinajstić information content (AvgIpc) is 2.52. The molecular weight excluding hydrogens is 194 g/mol. The zero-order chi connectivity index (χ0) is 10.4. The molecular formula is C11H23NOS. The first-order valence-corrected chi connectivity index (χ1v) is 6.91. The highest BCUT2D eigenvalue weighted by atomic mass is 32.2. The zero-order valence-electron chi connectivity index (χ0n) is 9.33. The summed E-state index contributed by atoms with van der Waals surface area (Å²) in [5.74, 6) is 2.44.